The molecule has 6 heteroatoms. The zero-order valence-electron chi connectivity index (χ0n) is 14.7. The number of hydrogen-bond acceptors (Lipinski definition) is 4. The molecule has 0 saturated carbocycles. The summed E-state index contributed by atoms with van der Waals surface area (Å²) in [7, 11) is 0. The summed E-state index contributed by atoms with van der Waals surface area (Å²) in [5.74, 6) is 0. The van der Waals surface area contributed by atoms with Crippen LogP contribution in [0.2, 0.25) is 5.02 Å². The topological polar surface area (TPSA) is 43.2 Å². The standard InChI is InChI=1S/C20H21ClN4O/c1-15-2-4-16(5-3-15)12-24-10-11-26-20(24)19-14-25(23-22-19)13-17-6-8-18(21)9-7-17/h2-9,14,20H,10-13H2,1H3/t20-/m1/s1. The number of hydrogen-bond donors (Lipinski definition) is 0. The molecule has 0 bridgehead atoms. The van der Waals surface area contributed by atoms with Gasteiger partial charge < -0.3 is 4.74 Å². The van der Waals surface area contributed by atoms with Gasteiger partial charge >= 0.3 is 0 Å². The molecule has 3 aromatic rings. The van der Waals surface area contributed by atoms with Crippen molar-refractivity contribution >= 4 is 11.6 Å². The fourth-order valence-electron chi connectivity index (χ4n) is 3.15. The maximum atomic E-state index is 5.94. The van der Waals surface area contributed by atoms with Gasteiger partial charge in [-0.2, -0.15) is 0 Å². The predicted molar refractivity (Wildman–Crippen MR) is 101 cm³/mol. The van der Waals surface area contributed by atoms with E-state index < -0.39 is 0 Å². The smallest absolute Gasteiger partial charge is 0.157 e. The van der Waals surface area contributed by atoms with E-state index in [0.29, 0.717) is 13.2 Å². The number of halogens is 1. The summed E-state index contributed by atoms with van der Waals surface area (Å²) in [5, 5.41) is 9.33. The van der Waals surface area contributed by atoms with Crippen LogP contribution in [0.5, 0.6) is 0 Å². The fraction of sp³-hybridized carbons (Fsp3) is 0.300. The molecule has 0 aliphatic carbocycles. The maximum Gasteiger partial charge on any atom is 0.157 e. The first kappa shape index (κ1) is 17.2. The van der Waals surface area contributed by atoms with Crippen LogP contribution >= 0.6 is 11.6 Å². The summed E-state index contributed by atoms with van der Waals surface area (Å²) in [4.78, 5) is 2.29. The second-order valence-electron chi connectivity index (χ2n) is 6.65. The van der Waals surface area contributed by atoms with E-state index in [-0.39, 0.29) is 6.23 Å². The average molecular weight is 369 g/mol. The molecule has 1 aliphatic heterocycles. The first-order valence-corrected chi connectivity index (χ1v) is 9.11. The van der Waals surface area contributed by atoms with E-state index in [2.05, 4.69) is 46.4 Å². The monoisotopic (exact) mass is 368 g/mol. The highest BCUT2D eigenvalue weighted by Crippen LogP contribution is 2.27. The van der Waals surface area contributed by atoms with Crippen LogP contribution in [-0.4, -0.2) is 33.0 Å². The Hall–Kier alpha value is -2.21. The first-order valence-electron chi connectivity index (χ1n) is 8.73. The maximum absolute atomic E-state index is 5.94. The van der Waals surface area contributed by atoms with Gasteiger partial charge in [-0.05, 0) is 30.2 Å². The lowest BCUT2D eigenvalue weighted by molar-refractivity contribution is 0.0252. The van der Waals surface area contributed by atoms with Crippen LogP contribution in [0.4, 0.5) is 0 Å². The van der Waals surface area contributed by atoms with Gasteiger partial charge in [0, 0.05) is 18.1 Å². The van der Waals surface area contributed by atoms with E-state index >= 15 is 0 Å². The molecule has 1 aliphatic rings. The zero-order chi connectivity index (χ0) is 17.9. The number of nitrogens with zero attached hydrogens (tertiary/aromatic N) is 4. The number of ether oxygens (including phenoxy) is 1. The van der Waals surface area contributed by atoms with Gasteiger partial charge in [-0.15, -0.1) is 5.10 Å². The third-order valence-electron chi connectivity index (χ3n) is 4.56. The molecule has 1 saturated heterocycles. The van der Waals surface area contributed by atoms with Gasteiger partial charge in [0.05, 0.1) is 19.3 Å². The van der Waals surface area contributed by atoms with Gasteiger partial charge in [0.2, 0.25) is 0 Å². The predicted octanol–water partition coefficient (Wildman–Crippen LogP) is 3.82. The van der Waals surface area contributed by atoms with Crippen molar-refractivity contribution in [1.29, 1.82) is 0 Å². The minimum absolute atomic E-state index is 0.143. The van der Waals surface area contributed by atoms with Crippen molar-refractivity contribution in [2.45, 2.75) is 26.2 Å². The van der Waals surface area contributed by atoms with Gasteiger partial charge in [0.25, 0.3) is 0 Å². The van der Waals surface area contributed by atoms with Crippen LogP contribution < -0.4 is 0 Å². The largest absolute Gasteiger partial charge is 0.356 e. The van der Waals surface area contributed by atoms with Crippen molar-refractivity contribution in [2.24, 2.45) is 0 Å². The quantitative estimate of drug-likeness (QED) is 0.686. The highest BCUT2D eigenvalue weighted by molar-refractivity contribution is 6.30. The van der Waals surface area contributed by atoms with Crippen molar-refractivity contribution in [3.8, 4) is 0 Å². The summed E-state index contributed by atoms with van der Waals surface area (Å²) in [6.07, 6.45) is 1.82. The lowest BCUT2D eigenvalue weighted by atomic mass is 10.1. The molecule has 0 amide bonds. The normalized spacial score (nSPS) is 17.7. The summed E-state index contributed by atoms with van der Waals surface area (Å²) in [6, 6.07) is 16.4. The second-order valence-corrected chi connectivity index (χ2v) is 7.08. The molecular formula is C20H21ClN4O. The Morgan fingerprint density at radius 3 is 2.50 bits per heavy atom. The van der Waals surface area contributed by atoms with Crippen molar-refractivity contribution in [3.63, 3.8) is 0 Å². The Morgan fingerprint density at radius 2 is 1.73 bits per heavy atom. The molecule has 1 fully saturated rings. The van der Waals surface area contributed by atoms with Gasteiger partial charge in [-0.25, -0.2) is 4.68 Å². The fourth-order valence-corrected chi connectivity index (χ4v) is 3.27. The van der Waals surface area contributed by atoms with E-state index in [0.717, 1.165) is 29.4 Å². The molecule has 1 aromatic heterocycles. The van der Waals surface area contributed by atoms with Gasteiger partial charge in [-0.1, -0.05) is 58.8 Å². The summed E-state index contributed by atoms with van der Waals surface area (Å²) >= 11 is 5.94. The summed E-state index contributed by atoms with van der Waals surface area (Å²) in [5.41, 5.74) is 4.53. The van der Waals surface area contributed by atoms with Crippen LogP contribution in [0.15, 0.2) is 54.7 Å². The number of aryl methyl sites for hydroxylation is 1. The molecule has 26 heavy (non-hydrogen) atoms. The minimum Gasteiger partial charge on any atom is -0.356 e. The lowest BCUT2D eigenvalue weighted by Crippen LogP contribution is -2.23. The van der Waals surface area contributed by atoms with Crippen LogP contribution in [0.3, 0.4) is 0 Å². The molecule has 0 radical (unpaired) electrons. The third-order valence-corrected chi connectivity index (χ3v) is 4.81. The molecule has 2 heterocycles. The van der Waals surface area contributed by atoms with Gasteiger partial charge in [-0.3, -0.25) is 4.90 Å². The molecule has 134 valence electrons. The summed E-state index contributed by atoms with van der Waals surface area (Å²) in [6.45, 7) is 5.21. The molecule has 0 N–H and O–H groups in total. The Kier molecular flexibility index (Phi) is 5.02. The Balaban J connectivity index is 1.45. The van der Waals surface area contributed by atoms with Crippen molar-refractivity contribution < 1.29 is 4.74 Å². The SMILES string of the molecule is Cc1ccc(CN2CCO[C@@H]2c2cn(Cc3ccc(Cl)cc3)nn2)cc1. The molecule has 0 spiro atoms. The first-order chi connectivity index (χ1) is 12.7. The molecule has 2 aromatic carbocycles. The average Bonchev–Trinajstić information content (AvgIpc) is 3.28. The van der Waals surface area contributed by atoms with Crippen LogP contribution in [0, 0.1) is 6.92 Å². The molecule has 4 rings (SSSR count). The highest BCUT2D eigenvalue weighted by atomic mass is 35.5. The minimum atomic E-state index is -0.143. The van der Waals surface area contributed by atoms with Crippen molar-refractivity contribution in [3.05, 3.63) is 82.1 Å². The van der Waals surface area contributed by atoms with E-state index in [1.165, 1.54) is 11.1 Å². The molecular weight excluding hydrogens is 348 g/mol. The molecule has 5 nitrogen and oxygen atoms in total. The third kappa shape index (κ3) is 3.96. The number of aromatic nitrogens is 3. The number of benzene rings is 2. The lowest BCUT2D eigenvalue weighted by Gasteiger charge is -2.21. The zero-order valence-corrected chi connectivity index (χ0v) is 15.4. The van der Waals surface area contributed by atoms with E-state index in [4.69, 9.17) is 16.3 Å². The Bertz CT molecular complexity index is 860. The van der Waals surface area contributed by atoms with Gasteiger partial charge in [0.1, 0.15) is 5.69 Å². The van der Waals surface area contributed by atoms with E-state index in [9.17, 15) is 0 Å². The van der Waals surface area contributed by atoms with Gasteiger partial charge in [0.15, 0.2) is 6.23 Å². The Morgan fingerprint density at radius 1 is 1.04 bits per heavy atom. The van der Waals surface area contributed by atoms with Crippen LogP contribution in [-0.2, 0) is 17.8 Å². The van der Waals surface area contributed by atoms with Crippen molar-refractivity contribution in [1.82, 2.24) is 19.9 Å². The number of rotatable bonds is 5. The molecule has 1 atom stereocenters. The van der Waals surface area contributed by atoms with Crippen LogP contribution in [0.25, 0.3) is 0 Å². The van der Waals surface area contributed by atoms with Crippen LogP contribution in [0.1, 0.15) is 28.6 Å². The second kappa shape index (κ2) is 7.58. The highest BCUT2D eigenvalue weighted by Gasteiger charge is 2.29. The molecule has 0 unspecified atom stereocenters. The summed E-state index contributed by atoms with van der Waals surface area (Å²) < 4.78 is 7.76. The Labute approximate surface area is 158 Å². The van der Waals surface area contributed by atoms with Crippen molar-refractivity contribution in [2.75, 3.05) is 13.2 Å². The van der Waals surface area contributed by atoms with E-state index in [1.54, 1.807) is 0 Å². The van der Waals surface area contributed by atoms with E-state index in [1.807, 2.05) is 35.1 Å².